The van der Waals surface area contributed by atoms with Crippen molar-refractivity contribution in [3.8, 4) is 0 Å². The van der Waals surface area contributed by atoms with E-state index >= 15 is 0 Å². The van der Waals surface area contributed by atoms with Gasteiger partial charge in [-0.3, -0.25) is 14.4 Å². The highest BCUT2D eigenvalue weighted by atomic mass is 16.2. The quantitative estimate of drug-likeness (QED) is 0.505. The van der Waals surface area contributed by atoms with Crippen molar-refractivity contribution in [1.82, 2.24) is 14.9 Å². The molecule has 0 bridgehead atoms. The largest absolute Gasteiger partial charge is 0.352 e. The molecular weight excluding hydrogens is 330 g/mol. The van der Waals surface area contributed by atoms with Crippen LogP contribution in [0.4, 0.5) is 0 Å². The molecule has 0 atom stereocenters. The smallest absolute Gasteiger partial charge is 0.316 e. The third kappa shape index (κ3) is 5.07. The van der Waals surface area contributed by atoms with E-state index in [0.29, 0.717) is 29.7 Å². The van der Waals surface area contributed by atoms with Crippen LogP contribution < -0.4 is 16.4 Å². The van der Waals surface area contributed by atoms with Crippen molar-refractivity contribution in [3.05, 3.63) is 44.5 Å². The predicted molar refractivity (Wildman–Crippen MR) is 105 cm³/mol. The van der Waals surface area contributed by atoms with Crippen LogP contribution in [0.1, 0.15) is 69.2 Å². The Morgan fingerprint density at radius 1 is 1.04 bits per heavy atom. The maximum atomic E-state index is 12.3. The van der Waals surface area contributed by atoms with Gasteiger partial charge >= 0.3 is 11.1 Å². The molecule has 6 heteroatoms. The van der Waals surface area contributed by atoms with Gasteiger partial charge in [-0.2, -0.15) is 0 Å². The van der Waals surface area contributed by atoms with Crippen LogP contribution in [0, 0.1) is 0 Å². The van der Waals surface area contributed by atoms with Crippen LogP contribution in [0.15, 0.2) is 27.8 Å². The first-order valence-corrected chi connectivity index (χ1v) is 9.63. The summed E-state index contributed by atoms with van der Waals surface area (Å²) in [5.74, 6) is -0.159. The van der Waals surface area contributed by atoms with E-state index in [9.17, 15) is 14.4 Å². The van der Waals surface area contributed by atoms with Gasteiger partial charge in [-0.05, 0) is 31.5 Å². The van der Waals surface area contributed by atoms with Crippen molar-refractivity contribution in [1.29, 1.82) is 0 Å². The number of carbonyl (C=O) groups is 1. The zero-order valence-corrected chi connectivity index (χ0v) is 15.8. The van der Waals surface area contributed by atoms with Crippen molar-refractivity contribution < 1.29 is 4.79 Å². The number of fused-ring (bicyclic) bond motifs is 1. The number of H-pyrrole nitrogens is 1. The van der Waals surface area contributed by atoms with E-state index in [0.717, 1.165) is 12.8 Å². The fourth-order valence-electron chi connectivity index (χ4n) is 3.12. The lowest BCUT2D eigenvalue weighted by molar-refractivity contribution is 0.0953. The topological polar surface area (TPSA) is 84.0 Å². The van der Waals surface area contributed by atoms with Gasteiger partial charge in [0.15, 0.2) is 0 Å². The minimum atomic E-state index is -0.667. The van der Waals surface area contributed by atoms with Crippen molar-refractivity contribution in [3.63, 3.8) is 0 Å². The molecule has 0 spiro atoms. The first-order chi connectivity index (χ1) is 12.6. The second-order valence-electron chi connectivity index (χ2n) is 6.61. The molecule has 2 N–H and O–H groups in total. The van der Waals surface area contributed by atoms with E-state index in [1.54, 1.807) is 18.2 Å². The molecule has 1 amide bonds. The summed E-state index contributed by atoms with van der Waals surface area (Å²) in [6.45, 7) is 5.07. The molecular formula is C20H29N3O3. The number of rotatable bonds is 10. The number of hydrogen-bond donors (Lipinski definition) is 2. The van der Waals surface area contributed by atoms with Crippen molar-refractivity contribution in [2.75, 3.05) is 6.54 Å². The number of amides is 1. The Bertz CT molecular complexity index is 851. The number of unbranched alkanes of at least 4 members (excludes halogenated alkanes) is 6. The summed E-state index contributed by atoms with van der Waals surface area (Å²) in [6, 6.07) is 5.02. The molecule has 0 fully saturated rings. The molecule has 0 unspecified atom stereocenters. The van der Waals surface area contributed by atoms with Crippen LogP contribution in [0.5, 0.6) is 0 Å². The number of aromatic amines is 1. The Kier molecular flexibility index (Phi) is 7.63. The number of benzene rings is 1. The Labute approximate surface area is 153 Å². The summed E-state index contributed by atoms with van der Waals surface area (Å²) in [5, 5.41) is 2.92. The molecule has 1 aromatic carbocycles. The van der Waals surface area contributed by atoms with E-state index in [4.69, 9.17) is 0 Å². The number of nitrogens with zero attached hydrogens (tertiary/aromatic N) is 1. The third-order valence-electron chi connectivity index (χ3n) is 4.62. The van der Waals surface area contributed by atoms with Gasteiger partial charge in [-0.1, -0.05) is 45.4 Å². The molecule has 6 nitrogen and oxygen atoms in total. The second-order valence-corrected chi connectivity index (χ2v) is 6.61. The van der Waals surface area contributed by atoms with Crippen LogP contribution in [-0.2, 0) is 6.54 Å². The maximum Gasteiger partial charge on any atom is 0.316 e. The van der Waals surface area contributed by atoms with Crippen molar-refractivity contribution in [2.24, 2.45) is 0 Å². The fourth-order valence-corrected chi connectivity index (χ4v) is 3.12. The minimum absolute atomic E-state index is 0.159. The van der Waals surface area contributed by atoms with E-state index < -0.39 is 11.1 Å². The molecule has 142 valence electrons. The van der Waals surface area contributed by atoms with E-state index in [2.05, 4.69) is 17.2 Å². The normalized spacial score (nSPS) is 11.0. The Morgan fingerprint density at radius 2 is 1.73 bits per heavy atom. The van der Waals surface area contributed by atoms with Crippen LogP contribution in [0.2, 0.25) is 0 Å². The van der Waals surface area contributed by atoms with E-state index in [1.165, 1.54) is 36.7 Å². The summed E-state index contributed by atoms with van der Waals surface area (Å²) >= 11 is 0. The molecule has 0 aliphatic carbocycles. The molecule has 1 heterocycles. The third-order valence-corrected chi connectivity index (χ3v) is 4.62. The molecule has 26 heavy (non-hydrogen) atoms. The van der Waals surface area contributed by atoms with Gasteiger partial charge in [0.2, 0.25) is 0 Å². The molecule has 0 saturated heterocycles. The van der Waals surface area contributed by atoms with Crippen LogP contribution in [-0.4, -0.2) is 22.0 Å². The molecule has 0 radical (unpaired) electrons. The first-order valence-electron chi connectivity index (χ1n) is 9.63. The van der Waals surface area contributed by atoms with E-state index in [-0.39, 0.29) is 5.91 Å². The van der Waals surface area contributed by atoms with Crippen molar-refractivity contribution >= 4 is 16.9 Å². The van der Waals surface area contributed by atoms with Crippen molar-refractivity contribution in [2.45, 2.75) is 65.3 Å². The number of aryl methyl sites for hydroxylation is 1. The predicted octanol–water partition coefficient (Wildman–Crippen LogP) is 3.19. The Morgan fingerprint density at radius 3 is 2.42 bits per heavy atom. The first kappa shape index (κ1) is 19.9. The zero-order valence-electron chi connectivity index (χ0n) is 15.8. The highest BCUT2D eigenvalue weighted by Gasteiger charge is 2.10. The van der Waals surface area contributed by atoms with Crippen LogP contribution in [0.3, 0.4) is 0 Å². The molecule has 0 saturated carbocycles. The SMILES string of the molecule is CCCCCCCCCNC(=O)c1ccc2c(c1)[nH]c(=O)c(=O)n2CC. The highest BCUT2D eigenvalue weighted by molar-refractivity contribution is 5.97. The summed E-state index contributed by atoms with van der Waals surface area (Å²) < 4.78 is 1.41. The lowest BCUT2D eigenvalue weighted by atomic mass is 10.1. The number of carbonyl (C=O) groups excluding carboxylic acids is 1. The zero-order chi connectivity index (χ0) is 18.9. The Hall–Kier alpha value is -2.37. The second kappa shape index (κ2) is 9.94. The summed E-state index contributed by atoms with van der Waals surface area (Å²) in [6.07, 6.45) is 8.41. The number of aromatic nitrogens is 2. The highest BCUT2D eigenvalue weighted by Crippen LogP contribution is 2.12. The average molecular weight is 359 g/mol. The van der Waals surface area contributed by atoms with Gasteiger partial charge in [-0.15, -0.1) is 0 Å². The number of nitrogens with one attached hydrogen (secondary N) is 2. The van der Waals surface area contributed by atoms with Gasteiger partial charge in [0, 0.05) is 18.7 Å². The summed E-state index contributed by atoms with van der Waals surface area (Å²) in [5.41, 5.74) is 0.370. The molecule has 1 aromatic heterocycles. The Balaban J connectivity index is 1.93. The number of hydrogen-bond acceptors (Lipinski definition) is 3. The van der Waals surface area contributed by atoms with Gasteiger partial charge in [0.1, 0.15) is 0 Å². The molecule has 0 aliphatic rings. The van der Waals surface area contributed by atoms with Crippen LogP contribution in [0.25, 0.3) is 11.0 Å². The molecule has 2 aromatic rings. The van der Waals surface area contributed by atoms with E-state index in [1.807, 2.05) is 6.92 Å². The van der Waals surface area contributed by atoms with Gasteiger partial charge in [0.25, 0.3) is 5.91 Å². The lowest BCUT2D eigenvalue weighted by Gasteiger charge is -2.09. The summed E-state index contributed by atoms with van der Waals surface area (Å²) in [4.78, 5) is 38.5. The monoisotopic (exact) mass is 359 g/mol. The standard InChI is InChI=1S/C20H29N3O3/c1-3-5-6-7-8-9-10-13-21-18(24)15-11-12-17-16(14-15)22-19(25)20(26)23(17)4-2/h11-12,14H,3-10,13H2,1-2H3,(H,21,24)(H,22,25). The summed E-state index contributed by atoms with van der Waals surface area (Å²) in [7, 11) is 0. The van der Waals surface area contributed by atoms with Gasteiger partial charge in [-0.25, -0.2) is 0 Å². The van der Waals surface area contributed by atoms with Crippen LogP contribution >= 0.6 is 0 Å². The molecule has 2 rings (SSSR count). The van der Waals surface area contributed by atoms with Gasteiger partial charge in [0.05, 0.1) is 11.0 Å². The van der Waals surface area contributed by atoms with Gasteiger partial charge < -0.3 is 14.9 Å². The lowest BCUT2D eigenvalue weighted by Crippen LogP contribution is -2.36. The fraction of sp³-hybridized carbons (Fsp3) is 0.550. The minimum Gasteiger partial charge on any atom is -0.352 e. The average Bonchev–Trinajstić information content (AvgIpc) is 2.64. The maximum absolute atomic E-state index is 12.3. The molecule has 0 aliphatic heterocycles.